The number of benzene rings is 3. The van der Waals surface area contributed by atoms with Crippen LogP contribution in [0.2, 0.25) is 0 Å². The number of methoxy groups -OCH3 is 1. The number of nitriles is 1. The number of carbonyl (C=O) groups is 1. The summed E-state index contributed by atoms with van der Waals surface area (Å²) in [5, 5.41) is 12.2. The molecule has 0 saturated carbocycles. The first-order valence-electron chi connectivity index (χ1n) is 9.23. The maximum absolute atomic E-state index is 12.5. The van der Waals surface area contributed by atoms with Gasteiger partial charge in [-0.2, -0.15) is 5.26 Å². The van der Waals surface area contributed by atoms with Gasteiger partial charge in [0.15, 0.2) is 11.5 Å². The van der Waals surface area contributed by atoms with E-state index in [-0.39, 0.29) is 5.57 Å². The number of anilines is 1. The van der Waals surface area contributed by atoms with Gasteiger partial charge < -0.3 is 14.8 Å². The van der Waals surface area contributed by atoms with Crippen molar-refractivity contribution in [3.63, 3.8) is 0 Å². The van der Waals surface area contributed by atoms with Crippen LogP contribution in [0.3, 0.4) is 0 Å². The maximum atomic E-state index is 12.5. The van der Waals surface area contributed by atoms with Crippen LogP contribution in [0.25, 0.3) is 6.08 Å². The van der Waals surface area contributed by atoms with Crippen molar-refractivity contribution in [3.8, 4) is 17.6 Å². The average molecular weight is 636 g/mol. The van der Waals surface area contributed by atoms with E-state index in [4.69, 9.17) is 9.47 Å². The number of hydrogen-bond donors (Lipinski definition) is 1. The van der Waals surface area contributed by atoms with Gasteiger partial charge in [0.1, 0.15) is 18.2 Å². The first-order valence-corrected chi connectivity index (χ1v) is 11.4. The Morgan fingerprint density at radius 2 is 1.81 bits per heavy atom. The van der Waals surface area contributed by atoms with Crippen LogP contribution in [0.1, 0.15) is 11.1 Å². The molecule has 0 aliphatic carbocycles. The van der Waals surface area contributed by atoms with E-state index in [9.17, 15) is 10.1 Å². The number of ether oxygens (including phenoxy) is 2. The fraction of sp³-hybridized carbons (Fsp3) is 0.0833. The zero-order valence-electron chi connectivity index (χ0n) is 16.6. The second kappa shape index (κ2) is 11.2. The summed E-state index contributed by atoms with van der Waals surface area (Å²) in [6.45, 7) is 0.407. The van der Waals surface area contributed by atoms with Crippen molar-refractivity contribution >= 4 is 62.9 Å². The highest BCUT2D eigenvalue weighted by Crippen LogP contribution is 2.35. The van der Waals surface area contributed by atoms with Gasteiger partial charge in [0.2, 0.25) is 0 Å². The van der Waals surface area contributed by atoms with E-state index in [0.717, 1.165) is 12.7 Å². The van der Waals surface area contributed by atoms with Crippen LogP contribution < -0.4 is 14.8 Å². The van der Waals surface area contributed by atoms with Crippen molar-refractivity contribution in [3.05, 3.63) is 90.6 Å². The van der Waals surface area contributed by atoms with E-state index < -0.39 is 5.91 Å². The highest BCUT2D eigenvalue weighted by atomic mass is 127. The molecule has 7 heteroatoms. The quantitative estimate of drug-likeness (QED) is 0.196. The van der Waals surface area contributed by atoms with Gasteiger partial charge in [-0.15, -0.1) is 0 Å². The molecular weight excluding hydrogens is 618 g/mol. The largest absolute Gasteiger partial charge is 0.493 e. The van der Waals surface area contributed by atoms with Crippen molar-refractivity contribution in [2.75, 3.05) is 12.4 Å². The van der Waals surface area contributed by atoms with Crippen molar-refractivity contribution in [1.82, 2.24) is 0 Å². The van der Waals surface area contributed by atoms with Crippen LogP contribution >= 0.6 is 45.2 Å². The summed E-state index contributed by atoms with van der Waals surface area (Å²) in [5.41, 5.74) is 2.34. The molecule has 31 heavy (non-hydrogen) atoms. The third-order valence-corrected chi connectivity index (χ3v) is 5.78. The Bertz CT molecular complexity index is 1140. The third-order valence-electron chi connectivity index (χ3n) is 4.26. The molecule has 0 fully saturated rings. The molecular formula is C24H18I2N2O3. The van der Waals surface area contributed by atoms with Gasteiger partial charge in [-0.1, -0.05) is 30.3 Å². The number of hydrogen-bond acceptors (Lipinski definition) is 4. The Balaban J connectivity index is 1.81. The molecule has 5 nitrogen and oxygen atoms in total. The summed E-state index contributed by atoms with van der Waals surface area (Å²) in [6, 6.07) is 22.8. The number of amides is 1. The molecule has 0 bridgehead atoms. The topological polar surface area (TPSA) is 71.3 Å². The lowest BCUT2D eigenvalue weighted by Gasteiger charge is -2.14. The maximum Gasteiger partial charge on any atom is 0.266 e. The molecule has 1 N–H and O–H groups in total. The van der Waals surface area contributed by atoms with Crippen LogP contribution in [-0.4, -0.2) is 13.0 Å². The van der Waals surface area contributed by atoms with Crippen molar-refractivity contribution in [2.24, 2.45) is 0 Å². The molecule has 0 radical (unpaired) electrons. The Kier molecular flexibility index (Phi) is 8.31. The molecule has 0 aromatic heterocycles. The molecule has 3 aromatic rings. The molecule has 1 amide bonds. The van der Waals surface area contributed by atoms with Gasteiger partial charge >= 0.3 is 0 Å². The summed E-state index contributed by atoms with van der Waals surface area (Å²) in [6.07, 6.45) is 1.54. The Labute approximate surface area is 208 Å². The molecule has 0 spiro atoms. The van der Waals surface area contributed by atoms with Gasteiger partial charge in [-0.05, 0) is 98.8 Å². The summed E-state index contributed by atoms with van der Waals surface area (Å²) in [5.74, 6) is 0.678. The van der Waals surface area contributed by atoms with Crippen LogP contribution in [0.5, 0.6) is 11.5 Å². The van der Waals surface area contributed by atoms with Gasteiger partial charge in [-0.25, -0.2) is 0 Å². The molecule has 0 saturated heterocycles. The van der Waals surface area contributed by atoms with E-state index in [2.05, 4.69) is 50.5 Å². The van der Waals surface area contributed by atoms with E-state index >= 15 is 0 Å². The molecule has 156 valence electrons. The number of rotatable bonds is 7. The molecule has 0 heterocycles. The number of nitrogens with one attached hydrogen (secondary N) is 1. The predicted octanol–water partition coefficient (Wildman–Crippen LogP) is 6.03. The normalized spacial score (nSPS) is 10.8. The van der Waals surface area contributed by atoms with Crippen molar-refractivity contribution in [2.45, 2.75) is 6.61 Å². The minimum atomic E-state index is -0.470. The minimum Gasteiger partial charge on any atom is -0.493 e. The molecule has 0 unspecified atom stereocenters. The van der Waals surface area contributed by atoms with E-state index in [1.165, 1.54) is 6.08 Å². The lowest BCUT2D eigenvalue weighted by molar-refractivity contribution is -0.112. The number of carbonyl (C=O) groups excluding carboxylic acids is 1. The molecule has 0 atom stereocenters. The predicted molar refractivity (Wildman–Crippen MR) is 138 cm³/mol. The Morgan fingerprint density at radius 1 is 1.10 bits per heavy atom. The lowest BCUT2D eigenvalue weighted by Crippen LogP contribution is -2.13. The summed E-state index contributed by atoms with van der Waals surface area (Å²) in [4.78, 5) is 12.5. The number of nitrogens with zero attached hydrogens (tertiary/aromatic N) is 1. The van der Waals surface area contributed by atoms with Gasteiger partial charge in [-0.3, -0.25) is 4.79 Å². The van der Waals surface area contributed by atoms with Crippen LogP contribution in [0.15, 0.2) is 72.3 Å². The first kappa shape index (κ1) is 23.1. The highest BCUT2D eigenvalue weighted by molar-refractivity contribution is 14.1. The summed E-state index contributed by atoms with van der Waals surface area (Å²) < 4.78 is 13.3. The van der Waals surface area contributed by atoms with Crippen molar-refractivity contribution in [1.29, 1.82) is 5.26 Å². The van der Waals surface area contributed by atoms with Crippen LogP contribution in [0, 0.1) is 18.5 Å². The monoisotopic (exact) mass is 636 g/mol. The van der Waals surface area contributed by atoms with Crippen LogP contribution in [-0.2, 0) is 11.4 Å². The van der Waals surface area contributed by atoms with Crippen LogP contribution in [0.4, 0.5) is 5.69 Å². The zero-order valence-corrected chi connectivity index (χ0v) is 20.9. The Morgan fingerprint density at radius 3 is 2.45 bits per heavy atom. The molecule has 3 aromatic carbocycles. The number of halogens is 2. The van der Waals surface area contributed by atoms with Gasteiger partial charge in [0.05, 0.1) is 10.7 Å². The summed E-state index contributed by atoms with van der Waals surface area (Å²) >= 11 is 4.35. The second-order valence-corrected chi connectivity index (χ2v) is 8.85. The standard InChI is InChI=1S/C24H18I2N2O3/c1-30-22-13-17(12-21(26)23(22)31-15-16-5-3-2-4-6-16)11-18(14-27)24(29)28-20-9-7-19(25)8-10-20/h2-13H,15H2,1H3,(H,28,29)/b18-11-. The minimum absolute atomic E-state index is 0.00523. The molecule has 0 aliphatic rings. The smallest absolute Gasteiger partial charge is 0.266 e. The SMILES string of the molecule is COc1cc(/C=C(/C#N)C(=O)Nc2ccc(I)cc2)cc(I)c1OCc1ccccc1. The van der Waals surface area contributed by atoms with E-state index in [1.54, 1.807) is 25.3 Å². The van der Waals surface area contributed by atoms with Crippen molar-refractivity contribution < 1.29 is 14.3 Å². The van der Waals surface area contributed by atoms with Gasteiger partial charge in [0, 0.05) is 9.26 Å². The second-order valence-electron chi connectivity index (χ2n) is 6.44. The van der Waals surface area contributed by atoms with E-state index in [1.807, 2.05) is 54.6 Å². The third kappa shape index (κ3) is 6.45. The zero-order chi connectivity index (χ0) is 22.2. The van der Waals surface area contributed by atoms with E-state index in [0.29, 0.717) is 29.4 Å². The molecule has 3 rings (SSSR count). The lowest BCUT2D eigenvalue weighted by atomic mass is 10.1. The fourth-order valence-corrected chi connectivity index (χ4v) is 3.88. The Hall–Kier alpha value is -2.58. The first-order chi connectivity index (χ1) is 15.0. The van der Waals surface area contributed by atoms with Gasteiger partial charge in [0.25, 0.3) is 5.91 Å². The molecule has 0 aliphatic heterocycles. The highest BCUT2D eigenvalue weighted by Gasteiger charge is 2.14. The average Bonchev–Trinajstić information content (AvgIpc) is 2.78. The summed E-state index contributed by atoms with van der Waals surface area (Å²) in [7, 11) is 1.56. The fourth-order valence-electron chi connectivity index (χ4n) is 2.74.